The van der Waals surface area contributed by atoms with Crippen LogP contribution in [0.1, 0.15) is 12.5 Å². The zero-order chi connectivity index (χ0) is 19.1. The molecule has 1 atom stereocenters. The van der Waals surface area contributed by atoms with E-state index < -0.39 is 0 Å². The summed E-state index contributed by atoms with van der Waals surface area (Å²) in [4.78, 5) is 13.4. The van der Waals surface area contributed by atoms with E-state index in [1.54, 1.807) is 0 Å². The van der Waals surface area contributed by atoms with Crippen molar-refractivity contribution < 1.29 is 9.53 Å². The molecule has 3 rings (SSSR count). The van der Waals surface area contributed by atoms with Gasteiger partial charge in [-0.3, -0.25) is 4.79 Å². The Bertz CT molecular complexity index is 867. The van der Waals surface area contributed by atoms with Gasteiger partial charge in [0.15, 0.2) is 0 Å². The molecule has 3 aromatic rings. The smallest absolute Gasteiger partial charge is 0.237 e. The molecule has 3 aromatic carbocycles. The number of thioether (sulfide) groups is 1. The van der Waals surface area contributed by atoms with Crippen LogP contribution in [0, 0.1) is 0 Å². The number of carbonyl (C=O) groups excluding carboxylic acids is 1. The molecule has 0 unspecified atom stereocenters. The first-order chi connectivity index (χ1) is 13.1. The minimum atomic E-state index is -0.222. The summed E-state index contributed by atoms with van der Waals surface area (Å²) in [5.41, 5.74) is 1.86. The minimum absolute atomic E-state index is 0.0482. The standard InChI is InChI=1S/C22H20ClNO2S/c1-16(27-21-13-7-18(23)8-14-21)22(25)24-19-9-11-20(12-10-19)26-15-17-5-3-2-4-6-17/h2-14,16H,15H2,1H3,(H,24,25)/t16-/m1/s1. The molecule has 0 spiro atoms. The van der Waals surface area contributed by atoms with Crippen LogP contribution in [0.2, 0.25) is 5.02 Å². The molecule has 0 aliphatic rings. The van der Waals surface area contributed by atoms with Gasteiger partial charge in [-0.1, -0.05) is 41.9 Å². The Morgan fingerprint density at radius 2 is 1.67 bits per heavy atom. The van der Waals surface area contributed by atoms with Crippen molar-refractivity contribution in [3.8, 4) is 5.75 Å². The number of hydrogen-bond donors (Lipinski definition) is 1. The number of carbonyl (C=O) groups is 1. The van der Waals surface area contributed by atoms with Gasteiger partial charge in [0.05, 0.1) is 5.25 Å². The zero-order valence-electron chi connectivity index (χ0n) is 14.9. The van der Waals surface area contributed by atoms with Crippen LogP contribution in [-0.4, -0.2) is 11.2 Å². The van der Waals surface area contributed by atoms with Crippen molar-refractivity contribution in [1.82, 2.24) is 0 Å². The highest BCUT2D eigenvalue weighted by Crippen LogP contribution is 2.26. The lowest BCUT2D eigenvalue weighted by atomic mass is 10.2. The molecule has 0 radical (unpaired) electrons. The van der Waals surface area contributed by atoms with E-state index in [1.807, 2.05) is 85.8 Å². The second-order valence-electron chi connectivity index (χ2n) is 6.00. The van der Waals surface area contributed by atoms with Crippen molar-refractivity contribution in [2.75, 3.05) is 5.32 Å². The molecule has 0 heterocycles. The Balaban J connectivity index is 1.51. The topological polar surface area (TPSA) is 38.3 Å². The van der Waals surface area contributed by atoms with Crippen molar-refractivity contribution >= 4 is 35.0 Å². The number of ether oxygens (including phenoxy) is 1. The third-order valence-electron chi connectivity index (χ3n) is 3.87. The second kappa shape index (κ2) is 9.49. The quantitative estimate of drug-likeness (QED) is 0.494. The van der Waals surface area contributed by atoms with E-state index in [0.717, 1.165) is 21.9 Å². The number of anilines is 1. The lowest BCUT2D eigenvalue weighted by molar-refractivity contribution is -0.115. The molecule has 0 aliphatic carbocycles. The highest BCUT2D eigenvalue weighted by molar-refractivity contribution is 8.00. The van der Waals surface area contributed by atoms with Gasteiger partial charge in [-0.05, 0) is 61.0 Å². The molecule has 5 heteroatoms. The highest BCUT2D eigenvalue weighted by Gasteiger charge is 2.14. The number of rotatable bonds is 7. The van der Waals surface area contributed by atoms with Gasteiger partial charge in [-0.25, -0.2) is 0 Å². The van der Waals surface area contributed by atoms with Crippen molar-refractivity contribution in [3.05, 3.63) is 89.4 Å². The van der Waals surface area contributed by atoms with Gasteiger partial charge >= 0.3 is 0 Å². The molecule has 0 saturated heterocycles. The Morgan fingerprint density at radius 3 is 2.33 bits per heavy atom. The van der Waals surface area contributed by atoms with Crippen LogP contribution in [-0.2, 0) is 11.4 Å². The van der Waals surface area contributed by atoms with Crippen molar-refractivity contribution in [2.24, 2.45) is 0 Å². The molecule has 3 nitrogen and oxygen atoms in total. The van der Waals surface area contributed by atoms with Gasteiger partial charge in [-0.2, -0.15) is 0 Å². The monoisotopic (exact) mass is 397 g/mol. The first-order valence-electron chi connectivity index (χ1n) is 8.60. The van der Waals surface area contributed by atoms with Crippen LogP contribution in [0.5, 0.6) is 5.75 Å². The van der Waals surface area contributed by atoms with Gasteiger partial charge in [-0.15, -0.1) is 11.8 Å². The summed E-state index contributed by atoms with van der Waals surface area (Å²) < 4.78 is 5.76. The summed E-state index contributed by atoms with van der Waals surface area (Å²) in [5.74, 6) is 0.716. The Hall–Kier alpha value is -2.43. The lowest BCUT2D eigenvalue weighted by Gasteiger charge is -2.13. The van der Waals surface area contributed by atoms with E-state index >= 15 is 0 Å². The first-order valence-corrected chi connectivity index (χ1v) is 9.86. The van der Waals surface area contributed by atoms with E-state index in [0.29, 0.717) is 11.6 Å². The normalized spacial score (nSPS) is 11.6. The van der Waals surface area contributed by atoms with Gasteiger partial charge in [0, 0.05) is 15.6 Å². The number of amides is 1. The molecular weight excluding hydrogens is 378 g/mol. The number of halogens is 1. The molecule has 138 valence electrons. The van der Waals surface area contributed by atoms with Gasteiger partial charge < -0.3 is 10.1 Å². The molecule has 27 heavy (non-hydrogen) atoms. The molecule has 0 saturated carbocycles. The maximum absolute atomic E-state index is 12.4. The SMILES string of the molecule is C[C@@H](Sc1ccc(Cl)cc1)C(=O)Nc1ccc(OCc2ccccc2)cc1. The summed E-state index contributed by atoms with van der Waals surface area (Å²) in [6.45, 7) is 2.40. The van der Waals surface area contributed by atoms with Crippen molar-refractivity contribution in [3.63, 3.8) is 0 Å². The van der Waals surface area contributed by atoms with Gasteiger partial charge in [0.1, 0.15) is 12.4 Å². The predicted molar refractivity (Wildman–Crippen MR) is 113 cm³/mol. The van der Waals surface area contributed by atoms with E-state index in [-0.39, 0.29) is 11.2 Å². The molecule has 1 N–H and O–H groups in total. The van der Waals surface area contributed by atoms with Crippen LogP contribution in [0.25, 0.3) is 0 Å². The molecule has 0 aromatic heterocycles. The fraction of sp³-hybridized carbons (Fsp3) is 0.136. The predicted octanol–water partition coefficient (Wildman–Crippen LogP) is 6.04. The minimum Gasteiger partial charge on any atom is -0.489 e. The third-order valence-corrected chi connectivity index (χ3v) is 5.23. The van der Waals surface area contributed by atoms with E-state index in [2.05, 4.69) is 5.32 Å². The summed E-state index contributed by atoms with van der Waals surface area (Å²) >= 11 is 7.38. The van der Waals surface area contributed by atoms with Crippen molar-refractivity contribution in [2.45, 2.75) is 23.7 Å². The lowest BCUT2D eigenvalue weighted by Crippen LogP contribution is -2.22. The average Bonchev–Trinajstić information content (AvgIpc) is 2.70. The Kier molecular flexibility index (Phi) is 6.80. The highest BCUT2D eigenvalue weighted by atomic mass is 35.5. The van der Waals surface area contributed by atoms with Crippen molar-refractivity contribution in [1.29, 1.82) is 0 Å². The number of nitrogens with one attached hydrogen (secondary N) is 1. The van der Waals surface area contributed by atoms with Crippen LogP contribution in [0.3, 0.4) is 0 Å². The largest absolute Gasteiger partial charge is 0.489 e. The van der Waals surface area contributed by atoms with Gasteiger partial charge in [0.2, 0.25) is 5.91 Å². The summed E-state index contributed by atoms with van der Waals surface area (Å²) in [6, 6.07) is 24.9. The maximum Gasteiger partial charge on any atom is 0.237 e. The Labute approximate surface area is 168 Å². The summed E-state index contributed by atoms with van der Waals surface area (Å²) in [5, 5.41) is 3.40. The summed E-state index contributed by atoms with van der Waals surface area (Å²) in [7, 11) is 0. The molecule has 1 amide bonds. The summed E-state index contributed by atoms with van der Waals surface area (Å²) in [6.07, 6.45) is 0. The second-order valence-corrected chi connectivity index (χ2v) is 7.85. The van der Waals surface area contributed by atoms with Crippen LogP contribution in [0.4, 0.5) is 5.69 Å². The maximum atomic E-state index is 12.4. The number of benzene rings is 3. The zero-order valence-corrected chi connectivity index (χ0v) is 16.5. The molecule has 0 fully saturated rings. The van der Waals surface area contributed by atoms with Crippen LogP contribution < -0.4 is 10.1 Å². The molecular formula is C22H20ClNO2S. The van der Waals surface area contributed by atoms with Gasteiger partial charge in [0.25, 0.3) is 0 Å². The van der Waals surface area contributed by atoms with Crippen LogP contribution >= 0.6 is 23.4 Å². The van der Waals surface area contributed by atoms with E-state index in [1.165, 1.54) is 11.8 Å². The Morgan fingerprint density at radius 1 is 1.00 bits per heavy atom. The van der Waals surface area contributed by atoms with E-state index in [9.17, 15) is 4.79 Å². The third kappa shape index (κ3) is 6.05. The molecule has 0 aliphatic heterocycles. The first kappa shape index (κ1) is 19.3. The molecule has 0 bridgehead atoms. The fourth-order valence-corrected chi connectivity index (χ4v) is 3.38. The average molecular weight is 398 g/mol. The van der Waals surface area contributed by atoms with Crippen LogP contribution in [0.15, 0.2) is 83.8 Å². The number of hydrogen-bond acceptors (Lipinski definition) is 3. The fourth-order valence-electron chi connectivity index (χ4n) is 2.39. The van der Waals surface area contributed by atoms with E-state index in [4.69, 9.17) is 16.3 Å².